The van der Waals surface area contributed by atoms with Crippen molar-refractivity contribution >= 4 is 35.8 Å². The highest BCUT2D eigenvalue weighted by Gasteiger charge is 2.20. The molecule has 7 heteroatoms. The van der Waals surface area contributed by atoms with Gasteiger partial charge >= 0.3 is 0 Å². The van der Waals surface area contributed by atoms with E-state index < -0.39 is 0 Å². The molecule has 0 heterocycles. The maximum atomic E-state index is 12.1. The maximum absolute atomic E-state index is 12.1. The Labute approximate surface area is 173 Å². The van der Waals surface area contributed by atoms with Gasteiger partial charge in [-0.25, -0.2) is 0 Å². The summed E-state index contributed by atoms with van der Waals surface area (Å²) in [6.45, 7) is 1.91. The molecule has 146 valence electrons. The lowest BCUT2D eigenvalue weighted by molar-refractivity contribution is -0.125. The fraction of sp³-hybridized carbons (Fsp3) is 0.579. The average molecular weight is 474 g/mol. The van der Waals surface area contributed by atoms with Gasteiger partial charge in [0.1, 0.15) is 5.75 Å². The van der Waals surface area contributed by atoms with Crippen LogP contribution in [0, 0.1) is 5.92 Å². The Morgan fingerprint density at radius 2 is 1.88 bits per heavy atom. The molecule has 0 unspecified atom stereocenters. The van der Waals surface area contributed by atoms with E-state index in [2.05, 4.69) is 20.9 Å². The van der Waals surface area contributed by atoms with E-state index >= 15 is 0 Å². The second kappa shape index (κ2) is 12.8. The van der Waals surface area contributed by atoms with Crippen LogP contribution < -0.4 is 20.7 Å². The Hall–Kier alpha value is -1.51. The number of hydrogen-bond acceptors (Lipinski definition) is 3. The largest absolute Gasteiger partial charge is 0.497 e. The van der Waals surface area contributed by atoms with E-state index in [9.17, 15) is 4.79 Å². The van der Waals surface area contributed by atoms with Crippen LogP contribution in [-0.4, -0.2) is 39.1 Å². The third-order valence-electron chi connectivity index (χ3n) is 4.51. The quantitative estimate of drug-likeness (QED) is 0.246. The molecule has 0 aromatic heterocycles. The number of carbonyl (C=O) groups is 1. The molecule has 0 spiro atoms. The molecule has 1 fully saturated rings. The van der Waals surface area contributed by atoms with Crippen LogP contribution in [0.3, 0.4) is 0 Å². The summed E-state index contributed by atoms with van der Waals surface area (Å²) in [5.74, 6) is 1.96. The Kier molecular flexibility index (Phi) is 11.1. The molecule has 0 atom stereocenters. The summed E-state index contributed by atoms with van der Waals surface area (Å²) in [5, 5.41) is 9.50. The van der Waals surface area contributed by atoms with Crippen LogP contribution >= 0.6 is 24.0 Å². The van der Waals surface area contributed by atoms with E-state index in [1.807, 2.05) is 24.3 Å². The normalized spacial score (nSPS) is 14.9. The topological polar surface area (TPSA) is 74.8 Å². The number of amides is 1. The molecule has 0 saturated heterocycles. The Morgan fingerprint density at radius 1 is 1.15 bits per heavy atom. The molecule has 1 aliphatic carbocycles. The van der Waals surface area contributed by atoms with Crippen molar-refractivity contribution in [2.45, 2.75) is 38.6 Å². The summed E-state index contributed by atoms with van der Waals surface area (Å²) >= 11 is 0. The minimum Gasteiger partial charge on any atom is -0.497 e. The first-order valence-corrected chi connectivity index (χ1v) is 9.08. The van der Waals surface area contributed by atoms with Crippen LogP contribution in [0.15, 0.2) is 29.3 Å². The summed E-state index contributed by atoms with van der Waals surface area (Å²) < 4.78 is 5.23. The van der Waals surface area contributed by atoms with Gasteiger partial charge in [-0.1, -0.05) is 31.4 Å². The lowest BCUT2D eigenvalue weighted by atomic mass is 9.89. The number of methoxy groups -OCH3 is 1. The van der Waals surface area contributed by atoms with E-state index in [1.54, 1.807) is 14.2 Å². The van der Waals surface area contributed by atoms with Crippen LogP contribution in [0.2, 0.25) is 0 Å². The molecule has 1 amide bonds. The van der Waals surface area contributed by atoms with E-state index in [1.165, 1.54) is 19.3 Å². The summed E-state index contributed by atoms with van der Waals surface area (Å²) in [6.07, 6.45) is 5.68. The SMILES string of the molecule is CN=C(NCCNC(=O)C1CCCCC1)NCc1cccc(OC)c1.I. The summed E-state index contributed by atoms with van der Waals surface area (Å²) in [6, 6.07) is 7.91. The number of guanidine groups is 1. The highest BCUT2D eigenvalue weighted by atomic mass is 127. The first kappa shape index (κ1) is 22.5. The lowest BCUT2D eigenvalue weighted by Gasteiger charge is -2.21. The summed E-state index contributed by atoms with van der Waals surface area (Å²) in [7, 11) is 3.40. The molecular weight excluding hydrogens is 443 g/mol. The monoisotopic (exact) mass is 474 g/mol. The number of nitrogens with one attached hydrogen (secondary N) is 3. The number of nitrogens with zero attached hydrogens (tertiary/aromatic N) is 1. The molecule has 2 rings (SSSR count). The van der Waals surface area contributed by atoms with Gasteiger partial charge in [-0.15, -0.1) is 24.0 Å². The molecule has 3 N–H and O–H groups in total. The minimum absolute atomic E-state index is 0. The average Bonchev–Trinajstić information content (AvgIpc) is 2.68. The van der Waals surface area contributed by atoms with Gasteiger partial charge in [0.2, 0.25) is 5.91 Å². The molecule has 1 aliphatic rings. The van der Waals surface area contributed by atoms with Crippen molar-refractivity contribution in [3.63, 3.8) is 0 Å². The third kappa shape index (κ3) is 7.80. The molecular formula is C19H31IN4O2. The van der Waals surface area contributed by atoms with Crippen molar-refractivity contribution in [1.29, 1.82) is 0 Å². The Balaban J connectivity index is 0.00000338. The van der Waals surface area contributed by atoms with E-state index in [0.29, 0.717) is 19.6 Å². The van der Waals surface area contributed by atoms with Gasteiger partial charge in [-0.3, -0.25) is 9.79 Å². The zero-order valence-electron chi connectivity index (χ0n) is 15.7. The number of benzene rings is 1. The van der Waals surface area contributed by atoms with Crippen molar-refractivity contribution in [1.82, 2.24) is 16.0 Å². The van der Waals surface area contributed by atoms with Crippen molar-refractivity contribution in [2.75, 3.05) is 27.2 Å². The van der Waals surface area contributed by atoms with Crippen molar-refractivity contribution in [2.24, 2.45) is 10.9 Å². The molecule has 1 saturated carbocycles. The predicted octanol–water partition coefficient (Wildman–Crippen LogP) is 2.67. The Morgan fingerprint density at radius 3 is 2.58 bits per heavy atom. The second-order valence-corrected chi connectivity index (χ2v) is 6.33. The van der Waals surface area contributed by atoms with Gasteiger partial charge in [-0.05, 0) is 30.5 Å². The summed E-state index contributed by atoms with van der Waals surface area (Å²) in [5.41, 5.74) is 1.12. The number of ether oxygens (including phenoxy) is 1. The number of hydrogen-bond donors (Lipinski definition) is 3. The maximum Gasteiger partial charge on any atom is 0.223 e. The van der Waals surface area contributed by atoms with Crippen LogP contribution in [0.5, 0.6) is 5.75 Å². The second-order valence-electron chi connectivity index (χ2n) is 6.33. The molecule has 1 aromatic carbocycles. The molecule has 1 aromatic rings. The predicted molar refractivity (Wildman–Crippen MR) is 116 cm³/mol. The van der Waals surface area contributed by atoms with E-state index in [0.717, 1.165) is 30.1 Å². The van der Waals surface area contributed by atoms with Crippen LogP contribution in [0.1, 0.15) is 37.7 Å². The fourth-order valence-corrected chi connectivity index (χ4v) is 3.06. The van der Waals surface area contributed by atoms with Gasteiger partial charge in [0.05, 0.1) is 7.11 Å². The van der Waals surface area contributed by atoms with Crippen molar-refractivity contribution in [3.05, 3.63) is 29.8 Å². The molecule has 0 radical (unpaired) electrons. The molecule has 26 heavy (non-hydrogen) atoms. The fourth-order valence-electron chi connectivity index (χ4n) is 3.06. The standard InChI is InChI=1S/C19H30N4O2.HI/c1-20-19(23-14-15-7-6-10-17(13-15)25-2)22-12-11-21-18(24)16-8-4-3-5-9-16;/h6-7,10,13,16H,3-5,8-9,11-12,14H2,1-2H3,(H,21,24)(H2,20,22,23);1H. The zero-order chi connectivity index (χ0) is 17.9. The first-order chi connectivity index (χ1) is 12.2. The zero-order valence-corrected chi connectivity index (χ0v) is 18.0. The highest BCUT2D eigenvalue weighted by molar-refractivity contribution is 14.0. The van der Waals surface area contributed by atoms with Crippen molar-refractivity contribution < 1.29 is 9.53 Å². The number of halogens is 1. The van der Waals surface area contributed by atoms with Gasteiger partial charge in [-0.2, -0.15) is 0 Å². The third-order valence-corrected chi connectivity index (χ3v) is 4.51. The number of carbonyl (C=O) groups excluding carboxylic acids is 1. The van der Waals surface area contributed by atoms with Gasteiger partial charge < -0.3 is 20.7 Å². The summed E-state index contributed by atoms with van der Waals surface area (Å²) in [4.78, 5) is 16.3. The van der Waals surface area contributed by atoms with Crippen LogP contribution in [-0.2, 0) is 11.3 Å². The van der Waals surface area contributed by atoms with E-state index in [4.69, 9.17) is 4.74 Å². The van der Waals surface area contributed by atoms with Gasteiger partial charge in [0.15, 0.2) is 5.96 Å². The van der Waals surface area contributed by atoms with Crippen molar-refractivity contribution in [3.8, 4) is 5.75 Å². The highest BCUT2D eigenvalue weighted by Crippen LogP contribution is 2.23. The van der Waals surface area contributed by atoms with Crippen LogP contribution in [0.25, 0.3) is 0 Å². The van der Waals surface area contributed by atoms with Gasteiger partial charge in [0.25, 0.3) is 0 Å². The number of aliphatic imine (C=N–C) groups is 1. The lowest BCUT2D eigenvalue weighted by Crippen LogP contribution is -2.42. The first-order valence-electron chi connectivity index (χ1n) is 9.08. The number of rotatable bonds is 7. The Bertz CT molecular complexity index is 574. The van der Waals surface area contributed by atoms with E-state index in [-0.39, 0.29) is 35.8 Å². The molecule has 0 bridgehead atoms. The van der Waals surface area contributed by atoms with Crippen LogP contribution in [0.4, 0.5) is 0 Å². The smallest absolute Gasteiger partial charge is 0.223 e. The van der Waals surface area contributed by atoms with Gasteiger partial charge in [0, 0.05) is 32.6 Å². The minimum atomic E-state index is 0. The molecule has 0 aliphatic heterocycles. The molecule has 6 nitrogen and oxygen atoms in total.